The predicted octanol–water partition coefficient (Wildman–Crippen LogP) is 6.53. The van der Waals surface area contributed by atoms with E-state index in [1.54, 1.807) is 22.9 Å². The van der Waals surface area contributed by atoms with E-state index in [0.29, 0.717) is 11.4 Å². The minimum absolute atomic E-state index is 0.00552. The van der Waals surface area contributed by atoms with Gasteiger partial charge in [-0.3, -0.25) is 19.0 Å². The number of pyridine rings is 1. The van der Waals surface area contributed by atoms with Crippen LogP contribution in [0.2, 0.25) is 0 Å². The van der Waals surface area contributed by atoms with E-state index in [0.717, 1.165) is 25.1 Å². The van der Waals surface area contributed by atoms with Crippen molar-refractivity contribution in [2.45, 2.75) is 94.3 Å². The van der Waals surface area contributed by atoms with Crippen molar-refractivity contribution in [1.82, 2.24) is 30.0 Å². The zero-order chi connectivity index (χ0) is 32.9. The highest BCUT2D eigenvalue weighted by molar-refractivity contribution is 5.94. The SMILES string of the molecule is O=C(CC1CC(F)(F)C1)N[C@@H](c1ccn2cc([C@@H](NC(=O)c3ccnc(CC(F)(F)F)c3)C3CCC(F)(F)CC3)nc2n1)C1CC1. The third kappa shape index (κ3) is 7.77. The second kappa shape index (κ2) is 12.1. The number of alkyl halides is 7. The molecule has 0 bridgehead atoms. The number of halogens is 7. The van der Waals surface area contributed by atoms with Gasteiger partial charge < -0.3 is 10.6 Å². The van der Waals surface area contributed by atoms with Gasteiger partial charge in [0.05, 0.1) is 35.6 Å². The first-order valence-corrected chi connectivity index (χ1v) is 15.4. The molecule has 3 aliphatic carbocycles. The largest absolute Gasteiger partial charge is 0.394 e. The molecule has 6 rings (SSSR count). The molecule has 2 N–H and O–H groups in total. The molecular formula is C31H33F7N6O2. The quantitative estimate of drug-likeness (QED) is 0.242. The van der Waals surface area contributed by atoms with E-state index in [2.05, 4.69) is 25.6 Å². The van der Waals surface area contributed by atoms with Crippen LogP contribution in [-0.2, 0) is 11.2 Å². The molecule has 2 atom stereocenters. The summed E-state index contributed by atoms with van der Waals surface area (Å²) in [4.78, 5) is 39.0. The average molecular weight is 655 g/mol. The molecule has 2 amide bonds. The minimum Gasteiger partial charge on any atom is -0.347 e. The Morgan fingerprint density at radius 1 is 0.913 bits per heavy atom. The maximum atomic E-state index is 14.0. The standard InChI is InChI=1S/C31H33F7N6O2/c32-29(33)7-3-19(4-8-29)26(43-27(46)20-5-9-39-21(12-20)15-31(36,37)38)23-16-44-10-6-22(40-28(44)41-23)25(18-1-2-18)42-24(45)11-17-13-30(34,35)14-17/h5-6,9-10,12,16-19,25-26H,1-4,7-8,11,13-15H2,(H,42,45)(H,43,46)/t25-,26+/m1/s1. The zero-order valence-corrected chi connectivity index (χ0v) is 24.7. The van der Waals surface area contributed by atoms with E-state index in [4.69, 9.17) is 0 Å². The van der Waals surface area contributed by atoms with Gasteiger partial charge in [-0.05, 0) is 61.6 Å². The lowest BCUT2D eigenvalue weighted by molar-refractivity contribution is -0.134. The number of amides is 2. The number of carbonyl (C=O) groups is 2. The maximum Gasteiger partial charge on any atom is 0.394 e. The van der Waals surface area contributed by atoms with Crippen LogP contribution in [0, 0.1) is 17.8 Å². The number of nitrogens with one attached hydrogen (secondary N) is 2. The normalized spacial score (nSPS) is 21.4. The van der Waals surface area contributed by atoms with Crippen LogP contribution in [0.3, 0.4) is 0 Å². The molecule has 3 saturated carbocycles. The summed E-state index contributed by atoms with van der Waals surface area (Å²) in [5, 5.41) is 5.77. The Balaban J connectivity index is 1.23. The minimum atomic E-state index is -4.52. The highest BCUT2D eigenvalue weighted by Crippen LogP contribution is 2.45. The molecule has 0 spiro atoms. The number of carbonyl (C=O) groups excluding carboxylic acids is 2. The molecule has 248 valence electrons. The van der Waals surface area contributed by atoms with E-state index < -0.39 is 48.4 Å². The van der Waals surface area contributed by atoms with Crippen molar-refractivity contribution < 1.29 is 40.3 Å². The smallest absolute Gasteiger partial charge is 0.347 e. The van der Waals surface area contributed by atoms with Crippen LogP contribution in [0.1, 0.15) is 97.3 Å². The molecule has 46 heavy (non-hydrogen) atoms. The van der Waals surface area contributed by atoms with Crippen LogP contribution >= 0.6 is 0 Å². The van der Waals surface area contributed by atoms with Gasteiger partial charge in [0.1, 0.15) is 0 Å². The molecule has 0 aliphatic heterocycles. The molecule has 15 heteroatoms. The lowest BCUT2D eigenvalue weighted by atomic mass is 9.79. The number of fused-ring (bicyclic) bond motifs is 1. The highest BCUT2D eigenvalue weighted by Gasteiger charge is 2.46. The Kier molecular flexibility index (Phi) is 8.47. The fourth-order valence-corrected chi connectivity index (χ4v) is 6.49. The van der Waals surface area contributed by atoms with E-state index in [1.807, 2.05) is 0 Å². The first-order chi connectivity index (χ1) is 21.6. The van der Waals surface area contributed by atoms with Crippen molar-refractivity contribution in [2.75, 3.05) is 0 Å². The summed E-state index contributed by atoms with van der Waals surface area (Å²) >= 11 is 0. The van der Waals surface area contributed by atoms with Crippen molar-refractivity contribution in [1.29, 1.82) is 0 Å². The van der Waals surface area contributed by atoms with Gasteiger partial charge in [-0.25, -0.2) is 27.5 Å². The van der Waals surface area contributed by atoms with Crippen molar-refractivity contribution in [3.8, 4) is 0 Å². The lowest BCUT2D eigenvalue weighted by Gasteiger charge is -2.34. The Morgan fingerprint density at radius 3 is 2.22 bits per heavy atom. The molecule has 3 fully saturated rings. The van der Waals surface area contributed by atoms with Gasteiger partial charge in [0.2, 0.25) is 23.5 Å². The molecule has 0 unspecified atom stereocenters. The summed E-state index contributed by atoms with van der Waals surface area (Å²) in [5.41, 5.74) is 0.488. The number of hydrogen-bond donors (Lipinski definition) is 2. The monoisotopic (exact) mass is 654 g/mol. The maximum absolute atomic E-state index is 14.0. The van der Waals surface area contributed by atoms with E-state index in [9.17, 15) is 40.3 Å². The number of nitrogens with zero attached hydrogens (tertiary/aromatic N) is 4. The summed E-state index contributed by atoms with van der Waals surface area (Å²) in [7, 11) is 0. The third-order valence-electron chi connectivity index (χ3n) is 9.04. The highest BCUT2D eigenvalue weighted by atomic mass is 19.4. The molecule has 0 aromatic carbocycles. The van der Waals surface area contributed by atoms with Crippen molar-refractivity contribution >= 4 is 17.6 Å². The van der Waals surface area contributed by atoms with Crippen LogP contribution in [0.5, 0.6) is 0 Å². The van der Waals surface area contributed by atoms with E-state index in [1.165, 1.54) is 6.07 Å². The first kappa shape index (κ1) is 32.2. The molecule has 3 heterocycles. The number of imidazole rings is 1. The second-order valence-corrected chi connectivity index (χ2v) is 12.9. The van der Waals surface area contributed by atoms with Gasteiger partial charge in [-0.15, -0.1) is 0 Å². The van der Waals surface area contributed by atoms with Crippen molar-refractivity contribution in [3.63, 3.8) is 0 Å². The van der Waals surface area contributed by atoms with Crippen LogP contribution in [0.25, 0.3) is 5.78 Å². The molecule has 3 aliphatic rings. The summed E-state index contributed by atoms with van der Waals surface area (Å²) in [6.45, 7) is 0. The Morgan fingerprint density at radius 2 is 1.57 bits per heavy atom. The van der Waals surface area contributed by atoms with Gasteiger partial charge in [0, 0.05) is 56.3 Å². The molecular weight excluding hydrogens is 621 g/mol. The van der Waals surface area contributed by atoms with Crippen LogP contribution in [0.4, 0.5) is 30.7 Å². The molecule has 3 aromatic rings. The van der Waals surface area contributed by atoms with Crippen molar-refractivity contribution in [3.05, 3.63) is 59.4 Å². The van der Waals surface area contributed by atoms with E-state index >= 15 is 0 Å². The third-order valence-corrected chi connectivity index (χ3v) is 9.04. The predicted molar refractivity (Wildman–Crippen MR) is 150 cm³/mol. The summed E-state index contributed by atoms with van der Waals surface area (Å²) in [6, 6.07) is 2.77. The Labute approximate surface area is 259 Å². The number of rotatable bonds is 10. The number of hydrogen-bond acceptors (Lipinski definition) is 5. The van der Waals surface area contributed by atoms with E-state index in [-0.39, 0.29) is 79.7 Å². The van der Waals surface area contributed by atoms with Gasteiger partial charge in [0.25, 0.3) is 5.91 Å². The molecule has 0 saturated heterocycles. The Hall–Kier alpha value is -3.78. The van der Waals surface area contributed by atoms with Crippen molar-refractivity contribution in [2.24, 2.45) is 17.8 Å². The first-order valence-electron chi connectivity index (χ1n) is 15.4. The zero-order valence-electron chi connectivity index (χ0n) is 24.7. The summed E-state index contributed by atoms with van der Waals surface area (Å²) in [5.74, 6) is -6.99. The van der Waals surface area contributed by atoms with Gasteiger partial charge >= 0.3 is 6.18 Å². The topological polar surface area (TPSA) is 101 Å². The van der Waals surface area contributed by atoms with Crippen LogP contribution in [0.15, 0.2) is 36.8 Å². The molecule has 0 radical (unpaired) electrons. The lowest BCUT2D eigenvalue weighted by Crippen LogP contribution is -2.39. The Bertz CT molecular complexity index is 1590. The van der Waals surface area contributed by atoms with Gasteiger partial charge in [-0.1, -0.05) is 0 Å². The van der Waals surface area contributed by atoms with Gasteiger partial charge in [-0.2, -0.15) is 13.2 Å². The van der Waals surface area contributed by atoms with Crippen LogP contribution in [-0.4, -0.2) is 49.2 Å². The van der Waals surface area contributed by atoms with Gasteiger partial charge in [0.15, 0.2) is 0 Å². The fourth-order valence-electron chi connectivity index (χ4n) is 6.49. The average Bonchev–Trinajstić information content (AvgIpc) is 3.71. The molecule has 3 aromatic heterocycles. The fraction of sp³-hybridized carbons (Fsp3) is 0.581. The van der Waals surface area contributed by atoms with Crippen LogP contribution < -0.4 is 10.6 Å². The summed E-state index contributed by atoms with van der Waals surface area (Å²) in [6.07, 6.45) is -0.893. The molecule has 8 nitrogen and oxygen atoms in total. The number of aromatic nitrogens is 4. The summed E-state index contributed by atoms with van der Waals surface area (Å²) < 4.78 is 95.0. The second-order valence-electron chi connectivity index (χ2n) is 12.9.